The highest BCUT2D eigenvalue weighted by Gasteiger charge is 2.07. The first kappa shape index (κ1) is 14.9. The lowest BCUT2D eigenvalue weighted by atomic mass is 10.1. The van der Waals surface area contributed by atoms with E-state index in [9.17, 15) is 14.4 Å². The fourth-order valence-corrected chi connectivity index (χ4v) is 1.10. The Labute approximate surface area is 99.6 Å². The second-order valence-corrected chi connectivity index (χ2v) is 3.31. The van der Waals surface area contributed by atoms with E-state index in [-0.39, 0.29) is 18.0 Å². The second kappa shape index (κ2) is 8.14. The van der Waals surface area contributed by atoms with Crippen LogP contribution in [0, 0.1) is 0 Å². The van der Waals surface area contributed by atoms with Gasteiger partial charge in [0.15, 0.2) is 0 Å². The van der Waals surface area contributed by atoms with Gasteiger partial charge in [-0.2, -0.15) is 0 Å². The number of amides is 4. The predicted molar refractivity (Wildman–Crippen MR) is 62.8 cm³/mol. The monoisotopic (exact) mass is 242 g/mol. The Morgan fingerprint density at radius 2 is 1.82 bits per heavy atom. The number of nitrogens with two attached hydrogens (primary N) is 2. The third-order valence-corrected chi connectivity index (χ3v) is 1.84. The highest BCUT2D eigenvalue weighted by Crippen LogP contribution is 2.01. The van der Waals surface area contributed by atoms with Crippen molar-refractivity contribution in [2.24, 2.45) is 11.5 Å². The Morgan fingerprint density at radius 1 is 1.18 bits per heavy atom. The molecule has 17 heavy (non-hydrogen) atoms. The van der Waals surface area contributed by atoms with Crippen molar-refractivity contribution in [1.29, 1.82) is 0 Å². The van der Waals surface area contributed by atoms with Gasteiger partial charge in [-0.3, -0.25) is 9.59 Å². The third-order valence-electron chi connectivity index (χ3n) is 1.84. The number of hydrogen-bond donors (Lipinski definition) is 4. The lowest BCUT2D eigenvalue weighted by Gasteiger charge is -2.04. The molecule has 0 rings (SSSR count). The van der Waals surface area contributed by atoms with E-state index in [1.165, 1.54) is 6.08 Å². The minimum absolute atomic E-state index is 0.162. The Balaban J connectivity index is 4.05. The van der Waals surface area contributed by atoms with Gasteiger partial charge in [0.2, 0.25) is 11.8 Å². The van der Waals surface area contributed by atoms with Crippen LogP contribution < -0.4 is 22.1 Å². The molecule has 0 saturated heterocycles. The first-order valence-corrected chi connectivity index (χ1v) is 5.26. The molecule has 0 aromatic heterocycles. The Hall–Kier alpha value is -2.05. The standard InChI is InChI=1S/C10H18N4O3/c1-2-13-10(17)14-5-3-4-7(9(12)16)6-8(11)15/h4H,2-3,5-6H2,1H3,(H2,11,15)(H2,12,16)(H2,13,14,17). The van der Waals surface area contributed by atoms with Crippen LogP contribution in [-0.4, -0.2) is 30.9 Å². The third kappa shape index (κ3) is 7.83. The Morgan fingerprint density at radius 3 is 2.29 bits per heavy atom. The van der Waals surface area contributed by atoms with E-state index >= 15 is 0 Å². The van der Waals surface area contributed by atoms with Crippen LogP contribution in [0.4, 0.5) is 4.79 Å². The van der Waals surface area contributed by atoms with E-state index in [0.717, 1.165) is 0 Å². The molecular weight excluding hydrogens is 224 g/mol. The van der Waals surface area contributed by atoms with Gasteiger partial charge in [0.05, 0.1) is 6.42 Å². The number of hydrogen-bond acceptors (Lipinski definition) is 3. The summed E-state index contributed by atoms with van der Waals surface area (Å²) in [5.41, 5.74) is 10.2. The van der Waals surface area contributed by atoms with Crippen LogP contribution in [-0.2, 0) is 9.59 Å². The molecule has 0 aliphatic rings. The van der Waals surface area contributed by atoms with Gasteiger partial charge in [-0.1, -0.05) is 6.08 Å². The molecule has 6 N–H and O–H groups in total. The van der Waals surface area contributed by atoms with Gasteiger partial charge in [0.1, 0.15) is 0 Å². The highest BCUT2D eigenvalue weighted by molar-refractivity contribution is 5.97. The molecule has 96 valence electrons. The van der Waals surface area contributed by atoms with Gasteiger partial charge >= 0.3 is 6.03 Å². The summed E-state index contributed by atoms with van der Waals surface area (Å²) in [5.74, 6) is -1.30. The van der Waals surface area contributed by atoms with Gasteiger partial charge in [0, 0.05) is 18.7 Å². The molecule has 0 heterocycles. The van der Waals surface area contributed by atoms with Crippen LogP contribution in [0.25, 0.3) is 0 Å². The second-order valence-electron chi connectivity index (χ2n) is 3.31. The normalized spacial score (nSPS) is 10.8. The molecule has 7 heteroatoms. The van der Waals surface area contributed by atoms with Crippen molar-refractivity contribution in [2.75, 3.05) is 13.1 Å². The molecule has 4 amide bonds. The number of nitrogens with one attached hydrogen (secondary N) is 2. The molecule has 0 atom stereocenters. The molecule has 0 unspecified atom stereocenters. The van der Waals surface area contributed by atoms with E-state index in [0.29, 0.717) is 19.5 Å². The van der Waals surface area contributed by atoms with E-state index in [1.54, 1.807) is 6.92 Å². The molecular formula is C10H18N4O3. The minimum atomic E-state index is -0.679. The van der Waals surface area contributed by atoms with E-state index < -0.39 is 11.8 Å². The summed E-state index contributed by atoms with van der Waals surface area (Å²) in [6, 6.07) is -0.281. The maximum absolute atomic E-state index is 11.0. The molecule has 0 radical (unpaired) electrons. The lowest BCUT2D eigenvalue weighted by Crippen LogP contribution is -2.35. The summed E-state index contributed by atoms with van der Waals surface area (Å²) in [5, 5.41) is 5.12. The van der Waals surface area contributed by atoms with Gasteiger partial charge in [-0.15, -0.1) is 0 Å². The van der Waals surface area contributed by atoms with Crippen LogP contribution >= 0.6 is 0 Å². The fourth-order valence-electron chi connectivity index (χ4n) is 1.10. The quantitative estimate of drug-likeness (QED) is 0.337. The van der Waals surface area contributed by atoms with Gasteiger partial charge in [-0.05, 0) is 13.3 Å². The zero-order valence-electron chi connectivity index (χ0n) is 9.79. The molecule has 0 fully saturated rings. The van der Waals surface area contributed by atoms with Crippen LogP contribution in [0.3, 0.4) is 0 Å². The number of rotatable bonds is 7. The zero-order valence-corrected chi connectivity index (χ0v) is 9.79. The van der Waals surface area contributed by atoms with Crippen molar-refractivity contribution in [2.45, 2.75) is 19.8 Å². The smallest absolute Gasteiger partial charge is 0.314 e. The number of primary amides is 2. The summed E-state index contributed by atoms with van der Waals surface area (Å²) in [4.78, 5) is 32.5. The van der Waals surface area contributed by atoms with Crippen LogP contribution in [0.1, 0.15) is 19.8 Å². The SMILES string of the molecule is CCNC(=O)NCCC=C(CC(N)=O)C(N)=O. The molecule has 0 aliphatic carbocycles. The summed E-state index contributed by atoms with van der Waals surface area (Å²) in [7, 11) is 0. The van der Waals surface area contributed by atoms with E-state index in [2.05, 4.69) is 10.6 Å². The minimum Gasteiger partial charge on any atom is -0.369 e. The highest BCUT2D eigenvalue weighted by atomic mass is 16.2. The van der Waals surface area contributed by atoms with Crippen LogP contribution in [0.5, 0.6) is 0 Å². The average molecular weight is 242 g/mol. The Kier molecular flexibility index (Phi) is 7.16. The predicted octanol–water partition coefficient (Wildman–Crippen LogP) is -1.02. The maximum Gasteiger partial charge on any atom is 0.314 e. The molecule has 0 aromatic rings. The van der Waals surface area contributed by atoms with E-state index in [1.807, 2.05) is 0 Å². The molecule has 0 spiro atoms. The van der Waals surface area contributed by atoms with Crippen molar-refractivity contribution in [3.63, 3.8) is 0 Å². The summed E-state index contributed by atoms with van der Waals surface area (Å²) >= 11 is 0. The topological polar surface area (TPSA) is 127 Å². The van der Waals surface area contributed by atoms with Crippen molar-refractivity contribution >= 4 is 17.8 Å². The van der Waals surface area contributed by atoms with Crippen LogP contribution in [0.15, 0.2) is 11.6 Å². The molecule has 7 nitrogen and oxygen atoms in total. The molecule has 0 aliphatic heterocycles. The van der Waals surface area contributed by atoms with Crippen molar-refractivity contribution in [3.8, 4) is 0 Å². The van der Waals surface area contributed by atoms with Gasteiger partial charge in [-0.25, -0.2) is 4.79 Å². The van der Waals surface area contributed by atoms with E-state index in [4.69, 9.17) is 11.5 Å². The average Bonchev–Trinajstić information content (AvgIpc) is 2.22. The first-order chi connectivity index (χ1) is 7.97. The van der Waals surface area contributed by atoms with Crippen molar-refractivity contribution in [1.82, 2.24) is 10.6 Å². The largest absolute Gasteiger partial charge is 0.369 e. The fraction of sp³-hybridized carbons (Fsp3) is 0.500. The van der Waals surface area contributed by atoms with Gasteiger partial charge < -0.3 is 22.1 Å². The molecule has 0 aromatic carbocycles. The van der Waals surface area contributed by atoms with Crippen molar-refractivity contribution in [3.05, 3.63) is 11.6 Å². The molecule has 0 saturated carbocycles. The van der Waals surface area contributed by atoms with Gasteiger partial charge in [0.25, 0.3) is 0 Å². The Bertz CT molecular complexity index is 326. The summed E-state index contributed by atoms with van der Waals surface area (Å²) < 4.78 is 0. The first-order valence-electron chi connectivity index (χ1n) is 5.26. The van der Waals surface area contributed by atoms with Crippen LogP contribution in [0.2, 0.25) is 0 Å². The number of carbonyl (C=O) groups is 3. The zero-order chi connectivity index (χ0) is 13.3. The number of carbonyl (C=O) groups excluding carboxylic acids is 3. The summed E-state index contributed by atoms with van der Waals surface area (Å²) in [6.07, 6.45) is 1.72. The maximum atomic E-state index is 11.0. The molecule has 0 bridgehead atoms. The van der Waals surface area contributed by atoms with Crippen molar-refractivity contribution < 1.29 is 14.4 Å². The number of urea groups is 1. The summed E-state index contributed by atoms with van der Waals surface area (Å²) in [6.45, 7) is 2.69. The lowest BCUT2D eigenvalue weighted by molar-refractivity contribution is -0.120.